The molecule has 2 aromatic heterocycles. The van der Waals surface area contributed by atoms with Crippen LogP contribution in [0.25, 0.3) is 0 Å². The fourth-order valence-corrected chi connectivity index (χ4v) is 2.08. The molecule has 0 unspecified atom stereocenters. The number of hydrogen-bond donors (Lipinski definition) is 3. The van der Waals surface area contributed by atoms with Crippen LogP contribution >= 0.6 is 11.6 Å². The molecule has 0 bridgehead atoms. The Labute approximate surface area is 119 Å². The van der Waals surface area contributed by atoms with E-state index in [0.717, 1.165) is 0 Å². The van der Waals surface area contributed by atoms with Crippen molar-refractivity contribution in [3.8, 4) is 0 Å². The lowest BCUT2D eigenvalue weighted by Crippen LogP contribution is -2.15. The zero-order chi connectivity index (χ0) is 14.9. The molecule has 2 heterocycles. The molecular formula is C13H12ClN3O3. The van der Waals surface area contributed by atoms with E-state index in [1.165, 1.54) is 12.4 Å². The maximum Gasteiger partial charge on any atom is 0.339 e. The molecule has 0 radical (unpaired) electrons. The van der Waals surface area contributed by atoms with E-state index < -0.39 is 11.9 Å². The van der Waals surface area contributed by atoms with Crippen LogP contribution in [0.2, 0.25) is 5.02 Å². The van der Waals surface area contributed by atoms with Gasteiger partial charge in [0.2, 0.25) is 0 Å². The number of pyridine rings is 1. The number of rotatable bonds is 3. The summed E-state index contributed by atoms with van der Waals surface area (Å²) in [6, 6.07) is 1.57. The van der Waals surface area contributed by atoms with Crippen molar-refractivity contribution in [3.63, 3.8) is 0 Å². The SMILES string of the molecule is Cc1cc(Cl)c(C(=O)Nc2c[nH]c(C)c2C(=O)O)cn1. The van der Waals surface area contributed by atoms with Crippen molar-refractivity contribution >= 4 is 29.2 Å². The minimum Gasteiger partial charge on any atom is -0.478 e. The molecule has 0 atom stereocenters. The Hall–Kier alpha value is -2.34. The van der Waals surface area contributed by atoms with E-state index in [0.29, 0.717) is 11.4 Å². The van der Waals surface area contributed by atoms with Gasteiger partial charge in [0.15, 0.2) is 0 Å². The van der Waals surface area contributed by atoms with Crippen LogP contribution in [0.4, 0.5) is 5.69 Å². The number of carboxylic acids is 1. The number of carbonyl (C=O) groups is 2. The van der Waals surface area contributed by atoms with Gasteiger partial charge in [0.1, 0.15) is 5.56 Å². The van der Waals surface area contributed by atoms with E-state index in [1.54, 1.807) is 19.9 Å². The van der Waals surface area contributed by atoms with Gasteiger partial charge in [-0.2, -0.15) is 0 Å². The molecule has 0 aliphatic carbocycles. The topological polar surface area (TPSA) is 95.1 Å². The highest BCUT2D eigenvalue weighted by Crippen LogP contribution is 2.22. The van der Waals surface area contributed by atoms with Crippen molar-refractivity contribution in [2.75, 3.05) is 5.32 Å². The van der Waals surface area contributed by atoms with E-state index >= 15 is 0 Å². The number of aromatic carboxylic acids is 1. The monoisotopic (exact) mass is 293 g/mol. The second-order valence-corrected chi connectivity index (χ2v) is 4.67. The average Bonchev–Trinajstić information content (AvgIpc) is 2.70. The molecule has 2 rings (SSSR count). The molecule has 6 nitrogen and oxygen atoms in total. The lowest BCUT2D eigenvalue weighted by Gasteiger charge is -2.06. The summed E-state index contributed by atoms with van der Waals surface area (Å²) in [5.41, 5.74) is 1.55. The third-order valence-electron chi connectivity index (χ3n) is 2.77. The Balaban J connectivity index is 2.31. The van der Waals surface area contributed by atoms with Gasteiger partial charge in [0.25, 0.3) is 5.91 Å². The van der Waals surface area contributed by atoms with Gasteiger partial charge in [-0.15, -0.1) is 0 Å². The molecule has 104 valence electrons. The van der Waals surface area contributed by atoms with E-state index in [1.807, 2.05) is 0 Å². The number of aromatic amines is 1. The molecule has 0 aromatic carbocycles. The van der Waals surface area contributed by atoms with Crippen molar-refractivity contribution in [1.82, 2.24) is 9.97 Å². The van der Waals surface area contributed by atoms with Crippen LogP contribution in [0, 0.1) is 13.8 Å². The van der Waals surface area contributed by atoms with E-state index in [2.05, 4.69) is 15.3 Å². The molecule has 1 amide bonds. The molecule has 3 N–H and O–H groups in total. The van der Waals surface area contributed by atoms with Crippen molar-refractivity contribution in [3.05, 3.63) is 46.0 Å². The van der Waals surface area contributed by atoms with Crippen LogP contribution in [0.15, 0.2) is 18.5 Å². The first-order valence-corrected chi connectivity index (χ1v) is 6.12. The molecule has 0 spiro atoms. The molecule has 0 aliphatic heterocycles. The van der Waals surface area contributed by atoms with Crippen LogP contribution in [0.3, 0.4) is 0 Å². The molecule has 0 aliphatic rings. The average molecular weight is 294 g/mol. The number of aryl methyl sites for hydroxylation is 2. The predicted octanol–water partition coefficient (Wildman–Crippen LogP) is 2.63. The third-order valence-corrected chi connectivity index (χ3v) is 3.09. The number of anilines is 1. The Morgan fingerprint density at radius 1 is 1.40 bits per heavy atom. The fraction of sp³-hybridized carbons (Fsp3) is 0.154. The number of halogens is 1. The van der Waals surface area contributed by atoms with E-state index in [9.17, 15) is 9.59 Å². The van der Waals surface area contributed by atoms with Gasteiger partial charge < -0.3 is 15.4 Å². The Kier molecular flexibility index (Phi) is 3.76. The van der Waals surface area contributed by atoms with Crippen LogP contribution < -0.4 is 5.32 Å². The summed E-state index contributed by atoms with van der Waals surface area (Å²) in [4.78, 5) is 30.0. The maximum absolute atomic E-state index is 12.1. The molecule has 0 fully saturated rings. The number of nitrogens with one attached hydrogen (secondary N) is 2. The highest BCUT2D eigenvalue weighted by Gasteiger charge is 2.19. The first-order chi connectivity index (χ1) is 9.40. The summed E-state index contributed by atoms with van der Waals surface area (Å²) in [5, 5.41) is 11.9. The number of hydrogen-bond acceptors (Lipinski definition) is 3. The first kappa shape index (κ1) is 14.1. The van der Waals surface area contributed by atoms with E-state index in [4.69, 9.17) is 16.7 Å². The number of aromatic nitrogens is 2. The van der Waals surface area contributed by atoms with Crippen LogP contribution in [-0.2, 0) is 0 Å². The minimum atomic E-state index is -1.12. The largest absolute Gasteiger partial charge is 0.478 e. The molecular weight excluding hydrogens is 282 g/mol. The highest BCUT2D eigenvalue weighted by molar-refractivity contribution is 6.34. The smallest absolute Gasteiger partial charge is 0.339 e. The van der Waals surface area contributed by atoms with Crippen LogP contribution in [-0.4, -0.2) is 27.0 Å². The predicted molar refractivity (Wildman–Crippen MR) is 74.4 cm³/mol. The summed E-state index contributed by atoms with van der Waals surface area (Å²) in [7, 11) is 0. The molecule has 20 heavy (non-hydrogen) atoms. The minimum absolute atomic E-state index is 0.0227. The van der Waals surface area contributed by atoms with Gasteiger partial charge in [-0.25, -0.2) is 4.79 Å². The molecule has 0 saturated carbocycles. The lowest BCUT2D eigenvalue weighted by molar-refractivity contribution is 0.0697. The Morgan fingerprint density at radius 2 is 2.10 bits per heavy atom. The van der Waals surface area contributed by atoms with Gasteiger partial charge in [0.05, 0.1) is 16.3 Å². The summed E-state index contributed by atoms with van der Waals surface area (Å²) >= 11 is 5.97. The number of nitrogens with zero attached hydrogens (tertiary/aromatic N) is 1. The lowest BCUT2D eigenvalue weighted by atomic mass is 10.2. The quantitative estimate of drug-likeness (QED) is 0.810. The Morgan fingerprint density at radius 3 is 2.70 bits per heavy atom. The standard InChI is InChI=1S/C13H12ClN3O3/c1-6-3-9(14)8(4-15-6)12(18)17-10-5-16-7(2)11(10)13(19)20/h3-5,16H,1-2H3,(H,17,18)(H,19,20). The van der Waals surface area contributed by atoms with Gasteiger partial charge >= 0.3 is 5.97 Å². The number of carbonyl (C=O) groups excluding carboxylic acids is 1. The molecule has 0 saturated heterocycles. The van der Waals surface area contributed by atoms with Crippen molar-refractivity contribution < 1.29 is 14.7 Å². The fourth-order valence-electron chi connectivity index (χ4n) is 1.78. The summed E-state index contributed by atoms with van der Waals surface area (Å²) in [6.07, 6.45) is 2.78. The van der Waals surface area contributed by atoms with Gasteiger partial charge in [-0.05, 0) is 19.9 Å². The second-order valence-electron chi connectivity index (χ2n) is 4.27. The van der Waals surface area contributed by atoms with Gasteiger partial charge in [-0.1, -0.05) is 11.6 Å². The van der Waals surface area contributed by atoms with Crippen LogP contribution in [0.5, 0.6) is 0 Å². The summed E-state index contributed by atoms with van der Waals surface area (Å²) < 4.78 is 0. The Bertz CT molecular complexity index is 694. The zero-order valence-corrected chi connectivity index (χ0v) is 11.6. The number of amides is 1. The molecule has 7 heteroatoms. The number of carboxylic acid groups (broad SMARTS) is 1. The normalized spacial score (nSPS) is 10.3. The van der Waals surface area contributed by atoms with Gasteiger partial charge in [-0.3, -0.25) is 9.78 Å². The van der Waals surface area contributed by atoms with Crippen molar-refractivity contribution in [2.45, 2.75) is 13.8 Å². The van der Waals surface area contributed by atoms with Crippen molar-refractivity contribution in [1.29, 1.82) is 0 Å². The van der Waals surface area contributed by atoms with Crippen LogP contribution in [0.1, 0.15) is 32.1 Å². The third kappa shape index (κ3) is 2.65. The maximum atomic E-state index is 12.1. The highest BCUT2D eigenvalue weighted by atomic mass is 35.5. The van der Waals surface area contributed by atoms with E-state index in [-0.39, 0.29) is 21.8 Å². The molecule has 2 aromatic rings. The van der Waals surface area contributed by atoms with Gasteiger partial charge in [0, 0.05) is 23.8 Å². The van der Waals surface area contributed by atoms with Crippen molar-refractivity contribution in [2.24, 2.45) is 0 Å². The zero-order valence-electron chi connectivity index (χ0n) is 10.8. The summed E-state index contributed by atoms with van der Waals surface area (Å²) in [6.45, 7) is 3.37. The number of H-pyrrole nitrogens is 1. The second kappa shape index (κ2) is 5.34. The first-order valence-electron chi connectivity index (χ1n) is 5.75. The summed E-state index contributed by atoms with van der Waals surface area (Å²) in [5.74, 6) is -1.63.